The predicted molar refractivity (Wildman–Crippen MR) is 66.8 cm³/mol. The SMILES string of the molecule is Cc1ccc(C)c(Oc2ccccc2N)c1. The normalized spacial score (nSPS) is 10.1. The van der Waals surface area contributed by atoms with Gasteiger partial charge in [0.2, 0.25) is 0 Å². The van der Waals surface area contributed by atoms with Crippen LogP contribution in [0.3, 0.4) is 0 Å². The second kappa shape index (κ2) is 4.27. The van der Waals surface area contributed by atoms with Crippen LogP contribution >= 0.6 is 0 Å². The molecule has 82 valence electrons. The van der Waals surface area contributed by atoms with Crippen LogP contribution in [0.4, 0.5) is 5.69 Å². The first kappa shape index (κ1) is 10.6. The van der Waals surface area contributed by atoms with Crippen LogP contribution in [-0.2, 0) is 0 Å². The van der Waals surface area contributed by atoms with Gasteiger partial charge >= 0.3 is 0 Å². The van der Waals surface area contributed by atoms with Crippen molar-refractivity contribution in [1.82, 2.24) is 0 Å². The van der Waals surface area contributed by atoms with Gasteiger partial charge in [0.15, 0.2) is 0 Å². The molecule has 0 spiro atoms. The molecule has 0 saturated heterocycles. The predicted octanol–water partition coefficient (Wildman–Crippen LogP) is 3.68. The molecule has 2 N–H and O–H groups in total. The number of anilines is 1. The molecule has 0 atom stereocenters. The smallest absolute Gasteiger partial charge is 0.150 e. The van der Waals surface area contributed by atoms with Crippen molar-refractivity contribution in [1.29, 1.82) is 0 Å². The molecule has 0 bridgehead atoms. The maximum Gasteiger partial charge on any atom is 0.150 e. The van der Waals surface area contributed by atoms with Gasteiger partial charge < -0.3 is 10.5 Å². The van der Waals surface area contributed by atoms with Crippen molar-refractivity contribution in [2.45, 2.75) is 13.8 Å². The van der Waals surface area contributed by atoms with Gasteiger partial charge in [-0.25, -0.2) is 0 Å². The molecule has 2 nitrogen and oxygen atoms in total. The minimum Gasteiger partial charge on any atom is -0.455 e. The molecular weight excluding hydrogens is 198 g/mol. The Balaban J connectivity index is 2.34. The Bertz CT molecular complexity index is 506. The topological polar surface area (TPSA) is 35.2 Å². The molecule has 16 heavy (non-hydrogen) atoms. The number of aryl methyl sites for hydroxylation is 2. The highest BCUT2D eigenvalue weighted by Gasteiger charge is 2.03. The fraction of sp³-hybridized carbons (Fsp3) is 0.143. The molecule has 2 aromatic carbocycles. The largest absolute Gasteiger partial charge is 0.455 e. The number of rotatable bonds is 2. The maximum absolute atomic E-state index is 5.83. The molecule has 0 aliphatic heterocycles. The molecule has 0 saturated carbocycles. The lowest BCUT2D eigenvalue weighted by Gasteiger charge is -2.11. The standard InChI is InChI=1S/C14H15NO/c1-10-7-8-11(2)14(9-10)16-13-6-4-3-5-12(13)15/h3-9H,15H2,1-2H3. The van der Waals surface area contributed by atoms with Gasteiger partial charge in [-0.15, -0.1) is 0 Å². The van der Waals surface area contributed by atoms with Crippen LogP contribution in [-0.4, -0.2) is 0 Å². The first-order valence-corrected chi connectivity index (χ1v) is 5.26. The van der Waals surface area contributed by atoms with Crippen molar-refractivity contribution in [2.75, 3.05) is 5.73 Å². The third-order valence-corrected chi connectivity index (χ3v) is 2.48. The summed E-state index contributed by atoms with van der Waals surface area (Å²) in [6.07, 6.45) is 0. The molecule has 0 aliphatic rings. The fourth-order valence-corrected chi connectivity index (χ4v) is 1.51. The van der Waals surface area contributed by atoms with E-state index in [-0.39, 0.29) is 0 Å². The third kappa shape index (κ3) is 2.16. The van der Waals surface area contributed by atoms with Crippen molar-refractivity contribution in [3.8, 4) is 11.5 Å². The lowest BCUT2D eigenvalue weighted by molar-refractivity contribution is 0.481. The van der Waals surface area contributed by atoms with Gasteiger partial charge in [0.25, 0.3) is 0 Å². The quantitative estimate of drug-likeness (QED) is 0.772. The van der Waals surface area contributed by atoms with E-state index in [1.807, 2.05) is 50.2 Å². The zero-order valence-electron chi connectivity index (χ0n) is 9.53. The van der Waals surface area contributed by atoms with Gasteiger partial charge in [-0.1, -0.05) is 24.3 Å². The molecule has 2 aromatic rings. The number of hydrogen-bond acceptors (Lipinski definition) is 2. The summed E-state index contributed by atoms with van der Waals surface area (Å²) in [5, 5.41) is 0. The van der Waals surface area contributed by atoms with Gasteiger partial charge in [0, 0.05) is 0 Å². The van der Waals surface area contributed by atoms with E-state index < -0.39 is 0 Å². The zero-order chi connectivity index (χ0) is 11.5. The van der Waals surface area contributed by atoms with Gasteiger partial charge in [0.1, 0.15) is 11.5 Å². The van der Waals surface area contributed by atoms with Crippen molar-refractivity contribution in [3.05, 3.63) is 53.6 Å². The molecule has 0 aromatic heterocycles. The lowest BCUT2D eigenvalue weighted by atomic mass is 10.1. The molecule has 0 aliphatic carbocycles. The summed E-state index contributed by atoms with van der Waals surface area (Å²) in [6, 6.07) is 13.6. The summed E-state index contributed by atoms with van der Waals surface area (Å²) in [6.45, 7) is 4.06. The summed E-state index contributed by atoms with van der Waals surface area (Å²) < 4.78 is 5.80. The molecular formula is C14H15NO. The molecule has 0 unspecified atom stereocenters. The van der Waals surface area contributed by atoms with E-state index in [0.717, 1.165) is 11.3 Å². The number of ether oxygens (including phenoxy) is 1. The van der Waals surface area contributed by atoms with Crippen LogP contribution in [0, 0.1) is 13.8 Å². The van der Waals surface area contributed by atoms with Gasteiger partial charge in [-0.2, -0.15) is 0 Å². The average Bonchev–Trinajstić information content (AvgIpc) is 2.27. The van der Waals surface area contributed by atoms with Crippen molar-refractivity contribution >= 4 is 5.69 Å². The highest BCUT2D eigenvalue weighted by Crippen LogP contribution is 2.29. The fourth-order valence-electron chi connectivity index (χ4n) is 1.51. The van der Waals surface area contributed by atoms with E-state index in [1.165, 1.54) is 5.56 Å². The van der Waals surface area contributed by atoms with E-state index >= 15 is 0 Å². The summed E-state index contributed by atoms with van der Waals surface area (Å²) in [4.78, 5) is 0. The molecule has 0 radical (unpaired) electrons. The summed E-state index contributed by atoms with van der Waals surface area (Å²) in [5.74, 6) is 1.56. The Morgan fingerprint density at radius 2 is 1.69 bits per heavy atom. The van der Waals surface area contributed by atoms with Gasteiger partial charge in [-0.05, 0) is 43.2 Å². The van der Waals surface area contributed by atoms with Crippen LogP contribution in [0.5, 0.6) is 11.5 Å². The van der Waals surface area contributed by atoms with E-state index in [0.29, 0.717) is 11.4 Å². The Kier molecular flexibility index (Phi) is 2.82. The Labute approximate surface area is 95.7 Å². The average molecular weight is 213 g/mol. The Morgan fingerprint density at radius 3 is 2.44 bits per heavy atom. The first-order chi connectivity index (χ1) is 7.66. The molecule has 2 rings (SSSR count). The van der Waals surface area contributed by atoms with Gasteiger partial charge in [-0.3, -0.25) is 0 Å². The van der Waals surface area contributed by atoms with Crippen LogP contribution in [0.1, 0.15) is 11.1 Å². The summed E-state index contributed by atoms with van der Waals surface area (Å²) in [5.41, 5.74) is 8.77. The van der Waals surface area contributed by atoms with E-state index in [1.54, 1.807) is 0 Å². The van der Waals surface area contributed by atoms with Crippen LogP contribution in [0.25, 0.3) is 0 Å². The lowest BCUT2D eigenvalue weighted by Crippen LogP contribution is -1.93. The van der Waals surface area contributed by atoms with E-state index in [4.69, 9.17) is 10.5 Å². The summed E-state index contributed by atoms with van der Waals surface area (Å²) in [7, 11) is 0. The molecule has 0 fully saturated rings. The number of benzene rings is 2. The van der Waals surface area contributed by atoms with Crippen molar-refractivity contribution in [2.24, 2.45) is 0 Å². The molecule has 0 heterocycles. The second-order valence-corrected chi connectivity index (χ2v) is 3.91. The Hall–Kier alpha value is -1.96. The highest BCUT2D eigenvalue weighted by atomic mass is 16.5. The monoisotopic (exact) mass is 213 g/mol. The molecule has 2 heteroatoms. The molecule has 0 amide bonds. The number of hydrogen-bond donors (Lipinski definition) is 1. The highest BCUT2D eigenvalue weighted by molar-refractivity contribution is 5.54. The maximum atomic E-state index is 5.83. The van der Waals surface area contributed by atoms with Crippen LogP contribution in [0.15, 0.2) is 42.5 Å². The number of nitrogen functional groups attached to an aromatic ring is 1. The Morgan fingerprint density at radius 1 is 0.938 bits per heavy atom. The van der Waals surface area contributed by atoms with Crippen LogP contribution in [0.2, 0.25) is 0 Å². The number of para-hydroxylation sites is 2. The summed E-state index contributed by atoms with van der Waals surface area (Å²) >= 11 is 0. The zero-order valence-corrected chi connectivity index (χ0v) is 9.53. The van der Waals surface area contributed by atoms with Crippen LogP contribution < -0.4 is 10.5 Å². The first-order valence-electron chi connectivity index (χ1n) is 5.26. The van der Waals surface area contributed by atoms with Gasteiger partial charge in [0.05, 0.1) is 5.69 Å². The minimum atomic E-state index is 0.656. The van der Waals surface area contributed by atoms with E-state index in [2.05, 4.69) is 6.07 Å². The minimum absolute atomic E-state index is 0.656. The second-order valence-electron chi connectivity index (χ2n) is 3.91. The number of nitrogens with two attached hydrogens (primary N) is 1. The van der Waals surface area contributed by atoms with E-state index in [9.17, 15) is 0 Å². The van der Waals surface area contributed by atoms with Crippen molar-refractivity contribution in [3.63, 3.8) is 0 Å². The third-order valence-electron chi connectivity index (χ3n) is 2.48. The van der Waals surface area contributed by atoms with Crippen molar-refractivity contribution < 1.29 is 4.74 Å².